The molecule has 136 valence electrons. The van der Waals surface area contributed by atoms with Crippen molar-refractivity contribution in [2.24, 2.45) is 0 Å². The molecule has 0 radical (unpaired) electrons. The maximum Gasteiger partial charge on any atom is 0.257 e. The molecule has 1 saturated carbocycles. The zero-order valence-electron chi connectivity index (χ0n) is 14.9. The fraction of sp³-hybridized carbons (Fsp3) is 0.600. The number of amides is 1. The molecule has 1 amide bonds. The van der Waals surface area contributed by atoms with Crippen LogP contribution in [0.4, 0.5) is 0 Å². The molecular weight excluding hydrogens is 318 g/mol. The summed E-state index contributed by atoms with van der Waals surface area (Å²) in [6, 6.07) is 5.27. The summed E-state index contributed by atoms with van der Waals surface area (Å²) >= 11 is 0. The molecule has 1 heterocycles. The van der Waals surface area contributed by atoms with E-state index in [9.17, 15) is 9.59 Å². The summed E-state index contributed by atoms with van der Waals surface area (Å²) < 4.78 is 11.8. The molecule has 1 fully saturated rings. The van der Waals surface area contributed by atoms with Gasteiger partial charge in [-0.1, -0.05) is 19.8 Å². The predicted molar refractivity (Wildman–Crippen MR) is 95.2 cm³/mol. The van der Waals surface area contributed by atoms with Crippen LogP contribution in [0.5, 0.6) is 11.5 Å². The molecule has 1 spiro atoms. The van der Waals surface area contributed by atoms with Crippen molar-refractivity contribution in [3.05, 3.63) is 23.8 Å². The fourth-order valence-electron chi connectivity index (χ4n) is 3.64. The Balaban J connectivity index is 1.62. The summed E-state index contributed by atoms with van der Waals surface area (Å²) in [6.07, 6.45) is 7.81. The van der Waals surface area contributed by atoms with E-state index in [1.807, 2.05) is 0 Å². The van der Waals surface area contributed by atoms with Gasteiger partial charge in [0.05, 0.1) is 12.0 Å². The normalized spacial score (nSPS) is 18.4. The van der Waals surface area contributed by atoms with Crippen molar-refractivity contribution in [2.45, 2.75) is 63.9 Å². The van der Waals surface area contributed by atoms with Crippen molar-refractivity contribution in [3.63, 3.8) is 0 Å². The van der Waals surface area contributed by atoms with Crippen molar-refractivity contribution < 1.29 is 19.1 Å². The van der Waals surface area contributed by atoms with E-state index in [-0.39, 0.29) is 23.9 Å². The largest absolute Gasteiger partial charge is 0.486 e. The van der Waals surface area contributed by atoms with Crippen molar-refractivity contribution in [1.82, 2.24) is 5.32 Å². The van der Waals surface area contributed by atoms with Gasteiger partial charge in [0.1, 0.15) is 17.1 Å². The maximum atomic E-state index is 12.6. The molecule has 3 rings (SSSR count). The molecule has 1 N–H and O–H groups in total. The lowest BCUT2D eigenvalue weighted by atomic mass is 9.78. The second kappa shape index (κ2) is 7.89. The molecule has 0 aromatic heterocycles. The Kier molecular flexibility index (Phi) is 5.61. The van der Waals surface area contributed by atoms with Crippen LogP contribution in [0.25, 0.3) is 0 Å². The molecule has 25 heavy (non-hydrogen) atoms. The Morgan fingerprint density at radius 3 is 2.84 bits per heavy atom. The average Bonchev–Trinajstić information content (AvgIpc) is 2.61. The molecule has 0 saturated heterocycles. The highest BCUT2D eigenvalue weighted by atomic mass is 16.5. The summed E-state index contributed by atoms with van der Waals surface area (Å²) in [6.45, 7) is 2.70. The smallest absolute Gasteiger partial charge is 0.257 e. The lowest BCUT2D eigenvalue weighted by molar-refractivity contribution is -0.123. The molecule has 1 aromatic rings. The third kappa shape index (κ3) is 4.33. The van der Waals surface area contributed by atoms with Crippen molar-refractivity contribution in [1.29, 1.82) is 0 Å². The number of unbranched alkanes of at least 4 members (excludes halogenated alkanes) is 1. The van der Waals surface area contributed by atoms with Crippen LogP contribution in [0.1, 0.15) is 68.6 Å². The van der Waals surface area contributed by atoms with Gasteiger partial charge in [-0.25, -0.2) is 0 Å². The number of hydrogen-bond acceptors (Lipinski definition) is 4. The third-order valence-electron chi connectivity index (χ3n) is 5.05. The van der Waals surface area contributed by atoms with Crippen LogP contribution in [0.3, 0.4) is 0 Å². The number of carbonyl (C=O) groups excluding carboxylic acids is 2. The van der Waals surface area contributed by atoms with E-state index in [2.05, 4.69) is 12.2 Å². The number of ketones is 1. The van der Waals surface area contributed by atoms with E-state index in [4.69, 9.17) is 9.47 Å². The monoisotopic (exact) mass is 345 g/mol. The van der Waals surface area contributed by atoms with Gasteiger partial charge < -0.3 is 14.8 Å². The van der Waals surface area contributed by atoms with Gasteiger partial charge in [0.25, 0.3) is 5.91 Å². The number of Topliss-reactive ketones (excluding diaryl/α,β-unsaturated/α-hetero) is 1. The number of nitrogens with one attached hydrogen (secondary N) is 1. The zero-order valence-corrected chi connectivity index (χ0v) is 14.9. The number of carbonyl (C=O) groups is 2. The maximum absolute atomic E-state index is 12.6. The topological polar surface area (TPSA) is 64.6 Å². The first-order chi connectivity index (χ1) is 12.1. The fourth-order valence-corrected chi connectivity index (χ4v) is 3.64. The number of hydrogen-bond donors (Lipinski definition) is 1. The van der Waals surface area contributed by atoms with E-state index in [1.165, 1.54) is 6.42 Å². The predicted octanol–water partition coefficient (Wildman–Crippen LogP) is 3.65. The first kappa shape index (κ1) is 17.8. The van der Waals surface area contributed by atoms with Crippen LogP contribution in [-0.2, 0) is 4.79 Å². The van der Waals surface area contributed by atoms with E-state index >= 15 is 0 Å². The zero-order chi connectivity index (χ0) is 17.7. The lowest BCUT2D eigenvalue weighted by Gasteiger charge is -2.40. The lowest BCUT2D eigenvalue weighted by Crippen LogP contribution is -2.43. The Labute approximate surface area is 149 Å². The van der Waals surface area contributed by atoms with Crippen LogP contribution >= 0.6 is 0 Å². The molecule has 2 aliphatic rings. The van der Waals surface area contributed by atoms with Gasteiger partial charge in [0, 0.05) is 6.54 Å². The minimum absolute atomic E-state index is 0.0402. The highest BCUT2D eigenvalue weighted by molar-refractivity contribution is 6.00. The van der Waals surface area contributed by atoms with Gasteiger partial charge in [-0.2, -0.15) is 0 Å². The van der Waals surface area contributed by atoms with Gasteiger partial charge in [-0.3, -0.25) is 9.59 Å². The van der Waals surface area contributed by atoms with Crippen LogP contribution in [-0.4, -0.2) is 30.4 Å². The molecule has 5 nitrogen and oxygen atoms in total. The van der Waals surface area contributed by atoms with Crippen molar-refractivity contribution in [2.75, 3.05) is 13.2 Å². The number of ether oxygens (including phenoxy) is 2. The van der Waals surface area contributed by atoms with E-state index in [1.54, 1.807) is 18.2 Å². The quantitative estimate of drug-likeness (QED) is 0.799. The summed E-state index contributed by atoms with van der Waals surface area (Å²) in [4.78, 5) is 24.3. The molecular formula is C20H27NO4. The molecule has 5 heteroatoms. The minimum atomic E-state index is -0.302. The van der Waals surface area contributed by atoms with Gasteiger partial charge in [0.2, 0.25) is 0 Å². The van der Waals surface area contributed by atoms with Gasteiger partial charge in [0.15, 0.2) is 12.4 Å². The number of rotatable bonds is 6. The van der Waals surface area contributed by atoms with Gasteiger partial charge in [-0.15, -0.1) is 0 Å². The van der Waals surface area contributed by atoms with Crippen molar-refractivity contribution in [3.8, 4) is 11.5 Å². The third-order valence-corrected chi connectivity index (χ3v) is 5.05. The summed E-state index contributed by atoms with van der Waals surface area (Å²) in [5.41, 5.74) is 0.268. The Bertz CT molecular complexity index is 635. The molecule has 0 unspecified atom stereocenters. The second-order valence-corrected chi connectivity index (χ2v) is 7.10. The minimum Gasteiger partial charge on any atom is -0.486 e. The Morgan fingerprint density at radius 1 is 1.28 bits per heavy atom. The number of fused-ring (bicyclic) bond motifs is 1. The van der Waals surface area contributed by atoms with Crippen LogP contribution < -0.4 is 14.8 Å². The van der Waals surface area contributed by atoms with Crippen molar-refractivity contribution >= 4 is 11.7 Å². The SMILES string of the molecule is CCCCNC(=O)COc1ccc2c(c1)C(=O)CC1(CCCCC1)O2. The standard InChI is InChI=1S/C20H27NO4/c1-2-3-11-21-19(23)14-24-15-7-8-18-16(12-15)17(22)13-20(25-18)9-5-4-6-10-20/h7-8,12H,2-6,9-11,13-14H2,1H3,(H,21,23). The highest BCUT2D eigenvalue weighted by Crippen LogP contribution is 2.42. The first-order valence-electron chi connectivity index (χ1n) is 9.38. The van der Waals surface area contributed by atoms with Gasteiger partial charge >= 0.3 is 0 Å². The summed E-state index contributed by atoms with van der Waals surface area (Å²) in [7, 11) is 0. The van der Waals surface area contributed by atoms with E-state index in [0.717, 1.165) is 38.5 Å². The highest BCUT2D eigenvalue weighted by Gasteiger charge is 2.41. The summed E-state index contributed by atoms with van der Waals surface area (Å²) in [5, 5.41) is 2.81. The average molecular weight is 345 g/mol. The van der Waals surface area contributed by atoms with Crippen LogP contribution in [0, 0.1) is 0 Å². The van der Waals surface area contributed by atoms with Crippen LogP contribution in [0.2, 0.25) is 0 Å². The Hall–Kier alpha value is -2.04. The first-order valence-corrected chi connectivity index (χ1v) is 9.38. The van der Waals surface area contributed by atoms with Gasteiger partial charge in [-0.05, 0) is 50.3 Å². The molecule has 1 aliphatic heterocycles. The van der Waals surface area contributed by atoms with E-state index in [0.29, 0.717) is 30.0 Å². The second-order valence-electron chi connectivity index (χ2n) is 7.10. The van der Waals surface area contributed by atoms with Crippen LogP contribution in [0.15, 0.2) is 18.2 Å². The molecule has 1 aliphatic carbocycles. The van der Waals surface area contributed by atoms with E-state index < -0.39 is 0 Å². The molecule has 0 bridgehead atoms. The summed E-state index contributed by atoms with van der Waals surface area (Å²) in [5.74, 6) is 1.15. The molecule has 1 aromatic carbocycles. The Morgan fingerprint density at radius 2 is 2.08 bits per heavy atom. The number of benzene rings is 1. The molecule has 0 atom stereocenters.